The third-order valence-corrected chi connectivity index (χ3v) is 6.42. The minimum absolute atomic E-state index is 0.202. The van der Waals surface area contributed by atoms with Crippen LogP contribution in [0.3, 0.4) is 0 Å². The van der Waals surface area contributed by atoms with E-state index in [9.17, 15) is 4.79 Å². The molecule has 2 saturated heterocycles. The molecule has 6 nitrogen and oxygen atoms in total. The number of rotatable bonds is 3. The highest BCUT2D eigenvalue weighted by Crippen LogP contribution is 2.42. The van der Waals surface area contributed by atoms with Crippen LogP contribution in [0.5, 0.6) is 0 Å². The number of aromatic amines is 1. The molecule has 2 aliphatic heterocycles. The van der Waals surface area contributed by atoms with Crippen molar-refractivity contribution in [2.45, 2.75) is 32.7 Å². The molecule has 0 atom stereocenters. The number of nitrogens with one attached hydrogen (secondary N) is 1. The average Bonchev–Trinajstić information content (AvgIpc) is 3.26. The lowest BCUT2D eigenvalue weighted by Crippen LogP contribution is -2.45. The van der Waals surface area contributed by atoms with Crippen molar-refractivity contribution in [3.63, 3.8) is 0 Å². The lowest BCUT2D eigenvalue weighted by molar-refractivity contribution is -0.137. The zero-order valence-electron chi connectivity index (χ0n) is 16.2. The number of nitrogens with zero attached hydrogens (tertiary/aromatic N) is 4. The summed E-state index contributed by atoms with van der Waals surface area (Å²) in [4.78, 5) is 29.8. The Kier molecular flexibility index (Phi) is 4.07. The summed E-state index contributed by atoms with van der Waals surface area (Å²) in [5, 5.41) is 1.21. The molecule has 0 radical (unpaired) electrons. The fourth-order valence-electron chi connectivity index (χ4n) is 4.70. The van der Waals surface area contributed by atoms with Crippen LogP contribution in [0.4, 0.5) is 5.95 Å². The highest BCUT2D eigenvalue weighted by molar-refractivity contribution is 5.87. The Labute approximate surface area is 164 Å². The number of carbonyl (C=O) groups is 1. The fraction of sp³-hybridized carbons (Fsp3) is 0.409. The largest absolute Gasteiger partial charge is 0.361 e. The molecular formula is C22H25N5O. The molecule has 2 aromatic heterocycles. The Morgan fingerprint density at radius 3 is 2.71 bits per heavy atom. The first-order chi connectivity index (χ1) is 13.6. The molecule has 2 fully saturated rings. The van der Waals surface area contributed by atoms with E-state index in [2.05, 4.69) is 43.0 Å². The first-order valence-corrected chi connectivity index (χ1v) is 10.0. The maximum atomic E-state index is 13.3. The smallest absolute Gasteiger partial charge is 0.229 e. The zero-order valence-corrected chi connectivity index (χ0v) is 16.2. The molecule has 0 unspecified atom stereocenters. The van der Waals surface area contributed by atoms with Gasteiger partial charge in [-0.15, -0.1) is 0 Å². The molecule has 1 spiro atoms. The van der Waals surface area contributed by atoms with Crippen LogP contribution in [-0.4, -0.2) is 45.4 Å². The maximum Gasteiger partial charge on any atom is 0.229 e. The van der Waals surface area contributed by atoms with Gasteiger partial charge >= 0.3 is 0 Å². The van der Waals surface area contributed by atoms with Crippen LogP contribution in [-0.2, 0) is 11.3 Å². The lowest BCUT2D eigenvalue weighted by Gasteiger charge is -2.38. The molecule has 28 heavy (non-hydrogen) atoms. The lowest BCUT2D eigenvalue weighted by atomic mass is 9.77. The van der Waals surface area contributed by atoms with E-state index in [1.165, 1.54) is 10.9 Å². The van der Waals surface area contributed by atoms with Gasteiger partial charge in [0.25, 0.3) is 0 Å². The number of H-pyrrole nitrogens is 1. The second-order valence-electron chi connectivity index (χ2n) is 8.10. The number of benzene rings is 1. The van der Waals surface area contributed by atoms with Crippen molar-refractivity contribution >= 4 is 22.8 Å². The molecule has 0 saturated carbocycles. The predicted octanol–water partition coefficient (Wildman–Crippen LogP) is 3.29. The van der Waals surface area contributed by atoms with Crippen molar-refractivity contribution < 1.29 is 4.79 Å². The maximum absolute atomic E-state index is 13.3. The van der Waals surface area contributed by atoms with Crippen LogP contribution < -0.4 is 4.90 Å². The van der Waals surface area contributed by atoms with Gasteiger partial charge in [0.15, 0.2) is 0 Å². The number of anilines is 1. The summed E-state index contributed by atoms with van der Waals surface area (Å²) >= 11 is 0. The summed E-state index contributed by atoms with van der Waals surface area (Å²) < 4.78 is 0. The van der Waals surface area contributed by atoms with Gasteiger partial charge in [0.05, 0.1) is 5.41 Å². The van der Waals surface area contributed by atoms with Gasteiger partial charge in [-0.1, -0.05) is 18.2 Å². The van der Waals surface area contributed by atoms with E-state index >= 15 is 0 Å². The number of amides is 1. The minimum atomic E-state index is -0.202. The van der Waals surface area contributed by atoms with E-state index in [-0.39, 0.29) is 5.41 Å². The monoisotopic (exact) mass is 375 g/mol. The Morgan fingerprint density at radius 1 is 1.11 bits per heavy atom. The quantitative estimate of drug-likeness (QED) is 0.763. The molecular weight excluding hydrogens is 350 g/mol. The zero-order chi connectivity index (χ0) is 19.1. The first-order valence-electron chi connectivity index (χ1n) is 10.0. The SMILES string of the molecule is Cc1ccnc(N2CCC3(CCN(Cc4c[nH]c5ccccc45)C3=O)CC2)n1. The first kappa shape index (κ1) is 17.2. The molecule has 1 aromatic carbocycles. The van der Waals surface area contributed by atoms with Crippen molar-refractivity contribution in [3.05, 3.63) is 54.0 Å². The number of aryl methyl sites for hydroxylation is 1. The van der Waals surface area contributed by atoms with Gasteiger partial charge in [-0.25, -0.2) is 9.97 Å². The molecule has 1 amide bonds. The molecule has 6 heteroatoms. The summed E-state index contributed by atoms with van der Waals surface area (Å²) in [6.45, 7) is 5.21. The van der Waals surface area contributed by atoms with Crippen LogP contribution in [0.2, 0.25) is 0 Å². The number of carbonyl (C=O) groups excluding carboxylic acids is 1. The number of piperidine rings is 1. The summed E-state index contributed by atoms with van der Waals surface area (Å²) in [5.41, 5.74) is 3.11. The molecule has 5 rings (SSSR count). The van der Waals surface area contributed by atoms with Gasteiger partial charge in [0.1, 0.15) is 0 Å². The van der Waals surface area contributed by atoms with E-state index in [0.29, 0.717) is 12.5 Å². The number of aromatic nitrogens is 3. The van der Waals surface area contributed by atoms with E-state index < -0.39 is 0 Å². The summed E-state index contributed by atoms with van der Waals surface area (Å²) in [6.07, 6.45) is 6.57. The van der Waals surface area contributed by atoms with E-state index in [1.54, 1.807) is 0 Å². The summed E-state index contributed by atoms with van der Waals surface area (Å²) in [6, 6.07) is 10.2. The van der Waals surface area contributed by atoms with Crippen molar-refractivity contribution in [1.82, 2.24) is 19.9 Å². The van der Waals surface area contributed by atoms with Crippen molar-refractivity contribution in [1.29, 1.82) is 0 Å². The highest BCUT2D eigenvalue weighted by Gasteiger charge is 2.48. The summed E-state index contributed by atoms with van der Waals surface area (Å²) in [7, 11) is 0. The normalized spacial score (nSPS) is 19.1. The van der Waals surface area contributed by atoms with Crippen LogP contribution in [0.25, 0.3) is 10.9 Å². The molecule has 2 aliphatic rings. The molecule has 0 aliphatic carbocycles. The Hall–Kier alpha value is -2.89. The average molecular weight is 375 g/mol. The van der Waals surface area contributed by atoms with Crippen LogP contribution in [0.1, 0.15) is 30.5 Å². The standard InChI is InChI=1S/C22H25N5O/c1-16-6-10-23-21(25-16)26-11-7-22(8-12-26)9-13-27(20(22)28)15-17-14-24-19-5-3-2-4-18(17)19/h2-6,10,14,24H,7-9,11-13,15H2,1H3. The van der Waals surface area contributed by atoms with Crippen LogP contribution in [0.15, 0.2) is 42.7 Å². The topological polar surface area (TPSA) is 65.1 Å². The number of hydrogen-bond donors (Lipinski definition) is 1. The van der Waals surface area contributed by atoms with Gasteiger partial charge in [-0.3, -0.25) is 4.79 Å². The third-order valence-electron chi connectivity index (χ3n) is 6.42. The molecule has 1 N–H and O–H groups in total. The third kappa shape index (κ3) is 2.84. The van der Waals surface area contributed by atoms with Gasteiger partial charge in [-0.05, 0) is 43.9 Å². The molecule has 4 heterocycles. The minimum Gasteiger partial charge on any atom is -0.361 e. The number of fused-ring (bicyclic) bond motifs is 1. The number of likely N-dealkylation sites (tertiary alicyclic amines) is 1. The summed E-state index contributed by atoms with van der Waals surface area (Å²) in [5.74, 6) is 1.11. The second-order valence-corrected chi connectivity index (χ2v) is 8.10. The molecule has 0 bridgehead atoms. The number of para-hydroxylation sites is 1. The van der Waals surface area contributed by atoms with Crippen molar-refractivity contribution in [3.8, 4) is 0 Å². The van der Waals surface area contributed by atoms with E-state index in [1.807, 2.05) is 31.5 Å². The number of hydrogen-bond acceptors (Lipinski definition) is 4. The van der Waals surface area contributed by atoms with E-state index in [0.717, 1.165) is 56.1 Å². The predicted molar refractivity (Wildman–Crippen MR) is 109 cm³/mol. The molecule has 144 valence electrons. The van der Waals surface area contributed by atoms with Crippen molar-refractivity contribution in [2.24, 2.45) is 5.41 Å². The Morgan fingerprint density at radius 2 is 1.89 bits per heavy atom. The van der Waals surface area contributed by atoms with Gasteiger partial charge < -0.3 is 14.8 Å². The fourth-order valence-corrected chi connectivity index (χ4v) is 4.70. The Bertz CT molecular complexity index is 1020. The van der Waals surface area contributed by atoms with Crippen LogP contribution in [0, 0.1) is 12.3 Å². The Balaban J connectivity index is 1.29. The highest BCUT2D eigenvalue weighted by atomic mass is 16.2. The van der Waals surface area contributed by atoms with Gasteiger partial charge in [-0.2, -0.15) is 0 Å². The van der Waals surface area contributed by atoms with Gasteiger partial charge in [0.2, 0.25) is 11.9 Å². The van der Waals surface area contributed by atoms with E-state index in [4.69, 9.17) is 0 Å². The van der Waals surface area contributed by atoms with Crippen molar-refractivity contribution in [2.75, 3.05) is 24.5 Å². The van der Waals surface area contributed by atoms with Crippen LogP contribution >= 0.6 is 0 Å². The van der Waals surface area contributed by atoms with Gasteiger partial charge in [0, 0.05) is 55.2 Å². The second kappa shape index (κ2) is 6.62. The molecule has 3 aromatic rings.